The first-order valence-corrected chi connectivity index (χ1v) is 8.21. The van der Waals surface area contributed by atoms with E-state index >= 15 is 0 Å². The fourth-order valence-corrected chi connectivity index (χ4v) is 3.09. The van der Waals surface area contributed by atoms with Gasteiger partial charge in [-0.15, -0.1) is 0 Å². The van der Waals surface area contributed by atoms with Crippen molar-refractivity contribution >= 4 is 11.7 Å². The maximum absolute atomic E-state index is 13.0. The van der Waals surface area contributed by atoms with Crippen LogP contribution in [0.5, 0.6) is 0 Å². The minimum absolute atomic E-state index is 0.100. The molecule has 1 saturated carbocycles. The van der Waals surface area contributed by atoms with Crippen molar-refractivity contribution in [2.24, 2.45) is 5.92 Å². The predicted molar refractivity (Wildman–Crippen MR) is 85.3 cm³/mol. The minimum Gasteiger partial charge on any atom is -0.317 e. The number of fused-ring (bicyclic) bond motifs is 1. The van der Waals surface area contributed by atoms with E-state index in [0.29, 0.717) is 6.54 Å². The van der Waals surface area contributed by atoms with Crippen molar-refractivity contribution in [2.45, 2.75) is 51.5 Å². The lowest BCUT2D eigenvalue weighted by Crippen LogP contribution is -2.57. The van der Waals surface area contributed by atoms with Crippen LogP contribution < -0.4 is 10.5 Å². The molecule has 24 heavy (non-hydrogen) atoms. The third-order valence-electron chi connectivity index (χ3n) is 5.02. The van der Waals surface area contributed by atoms with E-state index in [1.54, 1.807) is 20.9 Å². The van der Waals surface area contributed by atoms with Crippen LogP contribution in [0.25, 0.3) is 0 Å². The number of rotatable bonds is 5. The van der Waals surface area contributed by atoms with Crippen LogP contribution in [-0.2, 0) is 5.54 Å². The maximum Gasteiger partial charge on any atom is 0.325 e. The Hall–Kier alpha value is -1.99. The Morgan fingerprint density at radius 1 is 1.33 bits per heavy atom. The number of H-pyrrole nitrogens is 1. The van der Waals surface area contributed by atoms with Gasteiger partial charge in [0.15, 0.2) is 5.82 Å². The number of amides is 2. The Morgan fingerprint density at radius 2 is 2.00 bits per heavy atom. The highest BCUT2D eigenvalue weighted by atomic mass is 19.3. The third-order valence-corrected chi connectivity index (χ3v) is 5.02. The van der Waals surface area contributed by atoms with Gasteiger partial charge in [-0.25, -0.2) is 18.6 Å². The van der Waals surface area contributed by atoms with Crippen molar-refractivity contribution in [3.05, 3.63) is 21.9 Å². The van der Waals surface area contributed by atoms with Gasteiger partial charge >= 0.3 is 6.03 Å². The quantitative estimate of drug-likeness (QED) is 0.896. The molecule has 3 rings (SSSR count). The zero-order valence-corrected chi connectivity index (χ0v) is 14.1. The van der Waals surface area contributed by atoms with Crippen molar-refractivity contribution in [1.82, 2.24) is 14.9 Å². The highest BCUT2D eigenvalue weighted by Gasteiger charge is 2.44. The highest BCUT2D eigenvalue weighted by molar-refractivity contribution is 5.95. The number of anilines is 1. The predicted octanol–water partition coefficient (Wildman–Crippen LogP) is 3.00. The van der Waals surface area contributed by atoms with E-state index in [9.17, 15) is 18.4 Å². The van der Waals surface area contributed by atoms with E-state index in [2.05, 4.69) is 9.97 Å². The molecule has 0 spiro atoms. The molecule has 1 aliphatic heterocycles. The van der Waals surface area contributed by atoms with Gasteiger partial charge in [0.1, 0.15) is 5.69 Å². The van der Waals surface area contributed by atoms with Gasteiger partial charge in [0, 0.05) is 13.6 Å². The lowest BCUT2D eigenvalue weighted by molar-refractivity contribution is 0.133. The number of aromatic nitrogens is 2. The average molecular weight is 340 g/mol. The lowest BCUT2D eigenvalue weighted by atomic mass is 9.94. The molecule has 1 fully saturated rings. The molecular weight excluding hydrogens is 318 g/mol. The molecule has 0 bridgehead atoms. The van der Waals surface area contributed by atoms with Crippen molar-refractivity contribution in [2.75, 3.05) is 18.5 Å². The number of nitrogens with zero attached hydrogens (tertiary/aromatic N) is 3. The topological polar surface area (TPSA) is 69.3 Å². The van der Waals surface area contributed by atoms with Crippen molar-refractivity contribution in [3.63, 3.8) is 0 Å². The second kappa shape index (κ2) is 5.82. The Morgan fingerprint density at radius 3 is 2.58 bits per heavy atom. The number of hydrogen-bond donors (Lipinski definition) is 1. The molecular formula is C16H22F2N4O2. The molecule has 2 heterocycles. The van der Waals surface area contributed by atoms with E-state index in [-0.39, 0.29) is 17.4 Å². The number of urea groups is 1. The van der Waals surface area contributed by atoms with Gasteiger partial charge in [-0.3, -0.25) is 9.69 Å². The summed E-state index contributed by atoms with van der Waals surface area (Å²) in [6.07, 6.45) is 1.35. The van der Waals surface area contributed by atoms with Crippen LogP contribution in [-0.4, -0.2) is 34.5 Å². The van der Waals surface area contributed by atoms with Crippen molar-refractivity contribution < 1.29 is 13.6 Å². The normalized spacial score (nSPS) is 19.8. The second-order valence-electron chi connectivity index (χ2n) is 7.09. The zero-order valence-electron chi connectivity index (χ0n) is 14.1. The zero-order chi connectivity index (χ0) is 17.6. The summed E-state index contributed by atoms with van der Waals surface area (Å²) >= 11 is 0. The van der Waals surface area contributed by atoms with Crippen LogP contribution >= 0.6 is 0 Å². The Labute approximate surface area is 138 Å². The summed E-state index contributed by atoms with van der Waals surface area (Å²) in [5.74, 6) is 0.0589. The molecule has 1 aliphatic carbocycles. The molecule has 132 valence electrons. The molecule has 1 aromatic rings. The Kier molecular flexibility index (Phi) is 4.09. The molecule has 1 N–H and O–H groups in total. The molecule has 0 aromatic carbocycles. The maximum atomic E-state index is 13.0. The van der Waals surface area contributed by atoms with E-state index in [1.807, 2.05) is 0 Å². The Balaban J connectivity index is 2.02. The molecule has 8 heteroatoms. The second-order valence-corrected chi connectivity index (χ2v) is 7.09. The molecule has 0 atom stereocenters. The number of halogens is 2. The van der Waals surface area contributed by atoms with Crippen molar-refractivity contribution in [1.29, 1.82) is 0 Å². The van der Waals surface area contributed by atoms with Crippen LogP contribution in [0.3, 0.4) is 0 Å². The largest absolute Gasteiger partial charge is 0.325 e. The monoisotopic (exact) mass is 340 g/mol. The fourth-order valence-electron chi connectivity index (χ4n) is 3.09. The lowest BCUT2D eigenvalue weighted by Gasteiger charge is -2.44. The average Bonchev–Trinajstić information content (AvgIpc) is 3.33. The molecule has 1 aromatic heterocycles. The summed E-state index contributed by atoms with van der Waals surface area (Å²) < 4.78 is 26.0. The fraction of sp³-hybridized carbons (Fsp3) is 0.688. The summed E-state index contributed by atoms with van der Waals surface area (Å²) in [5, 5.41) is 0. The van der Waals surface area contributed by atoms with Crippen LogP contribution in [0, 0.1) is 5.92 Å². The standard InChI is InChI=1S/C16H22F2N4O2/c1-16(2)11-10(14(23)20-13(19-11)12(17)18)22(15(24)21(16)3)8-4-5-9-6-7-9/h9,12H,4-8H2,1-3H3,(H,19,20,23). The van der Waals surface area contributed by atoms with E-state index in [0.717, 1.165) is 18.8 Å². The first-order valence-electron chi connectivity index (χ1n) is 8.21. The number of nitrogens with one attached hydrogen (secondary N) is 1. The first-order chi connectivity index (χ1) is 11.2. The molecule has 0 unspecified atom stereocenters. The van der Waals surface area contributed by atoms with Gasteiger partial charge in [-0.2, -0.15) is 0 Å². The number of aromatic amines is 1. The SMILES string of the molecule is CN1C(=O)N(CCCC2CC2)c2c(nc(C(F)F)[nH]c2=O)C1(C)C. The van der Waals surface area contributed by atoms with Gasteiger partial charge in [0.25, 0.3) is 12.0 Å². The van der Waals surface area contributed by atoms with Crippen LogP contribution in [0.15, 0.2) is 4.79 Å². The summed E-state index contributed by atoms with van der Waals surface area (Å²) in [4.78, 5) is 34.0. The molecule has 0 radical (unpaired) electrons. The Bertz CT molecular complexity index is 713. The van der Waals surface area contributed by atoms with E-state index in [4.69, 9.17) is 0 Å². The minimum atomic E-state index is -2.87. The van der Waals surface area contributed by atoms with Gasteiger partial charge in [-0.1, -0.05) is 12.8 Å². The van der Waals surface area contributed by atoms with Gasteiger partial charge in [-0.05, 0) is 32.6 Å². The molecule has 0 saturated heterocycles. The molecule has 2 amide bonds. The highest BCUT2D eigenvalue weighted by Crippen LogP contribution is 2.38. The molecule has 6 nitrogen and oxygen atoms in total. The third kappa shape index (κ3) is 2.78. The number of hydrogen-bond acceptors (Lipinski definition) is 3. The van der Waals surface area contributed by atoms with Gasteiger partial charge < -0.3 is 9.88 Å². The number of carbonyl (C=O) groups is 1. The summed E-state index contributed by atoms with van der Waals surface area (Å²) in [5.41, 5.74) is -1.30. The summed E-state index contributed by atoms with van der Waals surface area (Å²) in [6.45, 7) is 3.79. The number of carbonyl (C=O) groups excluding carboxylic acids is 1. The van der Waals surface area contributed by atoms with Crippen LogP contribution in [0.1, 0.15) is 57.5 Å². The number of alkyl halides is 2. The summed E-state index contributed by atoms with van der Waals surface area (Å²) in [7, 11) is 1.60. The molecule has 2 aliphatic rings. The van der Waals surface area contributed by atoms with Crippen molar-refractivity contribution in [3.8, 4) is 0 Å². The smallest absolute Gasteiger partial charge is 0.317 e. The van der Waals surface area contributed by atoms with E-state index in [1.165, 1.54) is 22.6 Å². The summed E-state index contributed by atoms with van der Waals surface area (Å²) in [6, 6.07) is -0.305. The van der Waals surface area contributed by atoms with E-state index < -0.39 is 23.3 Å². The van der Waals surface area contributed by atoms with Gasteiger partial charge in [0.05, 0.1) is 11.2 Å². The first kappa shape index (κ1) is 16.9. The van der Waals surface area contributed by atoms with Crippen LogP contribution in [0.2, 0.25) is 0 Å². The van der Waals surface area contributed by atoms with Gasteiger partial charge in [0.2, 0.25) is 0 Å². The van der Waals surface area contributed by atoms with Crippen LogP contribution in [0.4, 0.5) is 19.3 Å².